The summed E-state index contributed by atoms with van der Waals surface area (Å²) < 4.78 is 66.4. The van der Waals surface area contributed by atoms with Crippen LogP contribution in [0.5, 0.6) is 0 Å². The predicted octanol–water partition coefficient (Wildman–Crippen LogP) is 4.09. The number of halogens is 3. The molecule has 2 aliphatic heterocycles. The Hall–Kier alpha value is -2.24. The Bertz CT molecular complexity index is 1230. The fourth-order valence-electron chi connectivity index (χ4n) is 4.79. The van der Waals surface area contributed by atoms with Crippen LogP contribution in [0.1, 0.15) is 17.7 Å². The zero-order valence-electron chi connectivity index (χ0n) is 17.0. The number of piperidine rings is 1. The van der Waals surface area contributed by atoms with E-state index in [-0.39, 0.29) is 16.8 Å². The maximum Gasteiger partial charge on any atom is 0.393 e. The molecule has 0 amide bonds. The van der Waals surface area contributed by atoms with Crippen molar-refractivity contribution >= 4 is 37.4 Å². The van der Waals surface area contributed by atoms with E-state index < -0.39 is 22.6 Å². The number of hydrogen-bond donors (Lipinski definition) is 0. The zero-order valence-corrected chi connectivity index (χ0v) is 18.6. The number of aromatic nitrogens is 2. The Morgan fingerprint density at radius 2 is 1.88 bits per heavy atom. The normalized spacial score (nSPS) is 22.4. The summed E-state index contributed by atoms with van der Waals surface area (Å²) in [5.41, 5.74) is 0. The third-order valence-electron chi connectivity index (χ3n) is 6.17. The average molecular weight is 483 g/mol. The van der Waals surface area contributed by atoms with Crippen molar-refractivity contribution in [1.29, 1.82) is 0 Å². The summed E-state index contributed by atoms with van der Waals surface area (Å²) in [4.78, 5) is 11.7. The van der Waals surface area contributed by atoms with Gasteiger partial charge >= 0.3 is 6.18 Å². The summed E-state index contributed by atoms with van der Waals surface area (Å²) in [6.45, 7) is 1.66. The maximum atomic E-state index is 13.1. The van der Waals surface area contributed by atoms with Crippen molar-refractivity contribution in [3.05, 3.63) is 47.6 Å². The second-order valence-corrected chi connectivity index (χ2v) is 11.2. The van der Waals surface area contributed by atoms with Gasteiger partial charge in [-0.3, -0.25) is 0 Å². The second-order valence-electron chi connectivity index (χ2n) is 8.20. The summed E-state index contributed by atoms with van der Waals surface area (Å²) in [5, 5.41) is 0.627. The average Bonchev–Trinajstić information content (AvgIpc) is 3.36. The minimum absolute atomic E-state index is 0.0861. The molecule has 2 aliphatic rings. The molecule has 6 nitrogen and oxygen atoms in total. The van der Waals surface area contributed by atoms with Crippen molar-refractivity contribution in [2.45, 2.75) is 36.4 Å². The van der Waals surface area contributed by atoms with E-state index in [1.807, 2.05) is 0 Å². The first-order valence-electron chi connectivity index (χ1n) is 10.3. The Morgan fingerprint density at radius 3 is 2.62 bits per heavy atom. The molecule has 2 atom stereocenters. The van der Waals surface area contributed by atoms with E-state index in [0.717, 1.165) is 17.8 Å². The van der Waals surface area contributed by atoms with Crippen LogP contribution in [0.15, 0.2) is 47.6 Å². The monoisotopic (exact) mass is 482 g/mol. The van der Waals surface area contributed by atoms with Gasteiger partial charge in [0.1, 0.15) is 17.0 Å². The number of fused-ring (bicyclic) bond motifs is 2. The molecule has 0 bridgehead atoms. The largest absolute Gasteiger partial charge is 0.393 e. The van der Waals surface area contributed by atoms with Gasteiger partial charge in [0.05, 0.1) is 16.7 Å². The lowest BCUT2D eigenvalue weighted by Crippen LogP contribution is -2.47. The number of thiophene rings is 1. The van der Waals surface area contributed by atoms with Crippen LogP contribution in [0.2, 0.25) is 0 Å². The number of benzene rings is 1. The van der Waals surface area contributed by atoms with Gasteiger partial charge in [-0.2, -0.15) is 17.5 Å². The summed E-state index contributed by atoms with van der Waals surface area (Å²) in [5.74, 6) is 0.767. The van der Waals surface area contributed by atoms with E-state index in [1.54, 1.807) is 34.6 Å². The van der Waals surface area contributed by atoms with Gasteiger partial charge in [-0.1, -0.05) is 18.2 Å². The molecule has 32 heavy (non-hydrogen) atoms. The first-order chi connectivity index (χ1) is 15.2. The maximum absolute atomic E-state index is 13.1. The molecule has 0 N–H and O–H groups in total. The van der Waals surface area contributed by atoms with Crippen molar-refractivity contribution in [2.24, 2.45) is 5.92 Å². The van der Waals surface area contributed by atoms with Gasteiger partial charge < -0.3 is 4.90 Å². The number of hydrogen-bond acceptors (Lipinski definition) is 6. The van der Waals surface area contributed by atoms with E-state index in [9.17, 15) is 21.6 Å². The fraction of sp³-hybridized carbons (Fsp3) is 0.429. The lowest BCUT2D eigenvalue weighted by atomic mass is 9.93. The van der Waals surface area contributed by atoms with E-state index in [2.05, 4.69) is 14.9 Å². The number of sulfonamides is 1. The molecule has 5 rings (SSSR count). The quantitative estimate of drug-likeness (QED) is 0.561. The molecule has 0 unspecified atom stereocenters. The van der Waals surface area contributed by atoms with Crippen LogP contribution >= 0.6 is 11.3 Å². The molecule has 0 saturated carbocycles. The Kier molecular flexibility index (Phi) is 5.37. The van der Waals surface area contributed by atoms with Crippen LogP contribution in [0, 0.1) is 5.92 Å². The molecule has 0 aliphatic carbocycles. The SMILES string of the molecule is O=S(=O)(c1ccccc1)N1CC[C@H]2CN(c3ncnc4sc(CC(F)(F)F)cc34)CC[C@H]21. The van der Waals surface area contributed by atoms with E-state index >= 15 is 0 Å². The van der Waals surface area contributed by atoms with Crippen molar-refractivity contribution in [3.8, 4) is 0 Å². The van der Waals surface area contributed by atoms with Crippen LogP contribution in [-0.4, -0.2) is 54.5 Å². The molecule has 170 valence electrons. The van der Waals surface area contributed by atoms with E-state index in [4.69, 9.17) is 0 Å². The Labute approximate surface area is 187 Å². The first-order valence-corrected chi connectivity index (χ1v) is 12.6. The molecule has 0 radical (unpaired) electrons. The third-order valence-corrected chi connectivity index (χ3v) is 9.15. The highest BCUT2D eigenvalue weighted by atomic mass is 32.2. The molecule has 2 aromatic heterocycles. The number of anilines is 1. The minimum atomic E-state index is -4.27. The van der Waals surface area contributed by atoms with Crippen LogP contribution < -0.4 is 4.90 Å². The molecular weight excluding hydrogens is 461 g/mol. The van der Waals surface area contributed by atoms with Crippen molar-refractivity contribution < 1.29 is 21.6 Å². The van der Waals surface area contributed by atoms with Crippen LogP contribution in [0.4, 0.5) is 19.0 Å². The molecule has 3 aromatic rings. The van der Waals surface area contributed by atoms with Crippen molar-refractivity contribution in [3.63, 3.8) is 0 Å². The number of nitrogens with zero attached hydrogens (tertiary/aromatic N) is 4. The van der Waals surface area contributed by atoms with Gasteiger partial charge in [0, 0.05) is 30.6 Å². The highest BCUT2D eigenvalue weighted by Crippen LogP contribution is 2.39. The van der Waals surface area contributed by atoms with Gasteiger partial charge in [0.15, 0.2) is 0 Å². The lowest BCUT2D eigenvalue weighted by Gasteiger charge is -2.38. The molecule has 11 heteroatoms. The Morgan fingerprint density at radius 1 is 1.09 bits per heavy atom. The van der Waals surface area contributed by atoms with E-state index in [1.165, 1.54) is 12.4 Å². The minimum Gasteiger partial charge on any atom is -0.356 e. The van der Waals surface area contributed by atoms with E-state index in [0.29, 0.717) is 47.0 Å². The Balaban J connectivity index is 1.37. The van der Waals surface area contributed by atoms with Crippen LogP contribution in [-0.2, 0) is 16.4 Å². The molecule has 2 fully saturated rings. The van der Waals surface area contributed by atoms with Gasteiger partial charge in [0.2, 0.25) is 10.0 Å². The zero-order chi connectivity index (χ0) is 22.5. The van der Waals surface area contributed by atoms with Crippen molar-refractivity contribution in [2.75, 3.05) is 24.5 Å². The second kappa shape index (κ2) is 7.96. The highest BCUT2D eigenvalue weighted by Gasteiger charge is 2.44. The predicted molar refractivity (Wildman–Crippen MR) is 116 cm³/mol. The van der Waals surface area contributed by atoms with Crippen LogP contribution in [0.25, 0.3) is 10.2 Å². The van der Waals surface area contributed by atoms with Crippen molar-refractivity contribution in [1.82, 2.24) is 14.3 Å². The smallest absolute Gasteiger partial charge is 0.356 e. The molecule has 1 aromatic carbocycles. The van der Waals surface area contributed by atoms with Crippen LogP contribution in [0.3, 0.4) is 0 Å². The summed E-state index contributed by atoms with van der Waals surface area (Å²) in [6, 6.07) is 9.91. The number of alkyl halides is 3. The third kappa shape index (κ3) is 3.97. The first kappa shape index (κ1) is 21.6. The highest BCUT2D eigenvalue weighted by molar-refractivity contribution is 7.89. The molecule has 4 heterocycles. The molecule has 2 saturated heterocycles. The standard InChI is InChI=1S/C21H21F3N4O2S2/c22-21(23,24)11-15-10-17-19(25-13-26-20(17)31-15)27-8-7-18-14(12-27)6-9-28(18)32(29,30)16-4-2-1-3-5-16/h1-5,10,13-14,18H,6-9,11-12H2/t14-,18+/m0/s1. The van der Waals surface area contributed by atoms with Gasteiger partial charge in [0.25, 0.3) is 0 Å². The molecular formula is C21H21F3N4O2S2. The van der Waals surface area contributed by atoms with Gasteiger partial charge in [-0.25, -0.2) is 18.4 Å². The fourth-order valence-corrected chi connectivity index (χ4v) is 7.56. The summed E-state index contributed by atoms with van der Waals surface area (Å²) in [7, 11) is -3.56. The van der Waals surface area contributed by atoms with Gasteiger partial charge in [-0.05, 0) is 37.0 Å². The summed E-state index contributed by atoms with van der Waals surface area (Å²) in [6.07, 6.45) is -2.49. The molecule has 0 spiro atoms. The van der Waals surface area contributed by atoms with Gasteiger partial charge in [-0.15, -0.1) is 11.3 Å². The number of rotatable bonds is 4. The summed E-state index contributed by atoms with van der Waals surface area (Å²) >= 11 is 1.04. The topological polar surface area (TPSA) is 66.4 Å². The lowest BCUT2D eigenvalue weighted by molar-refractivity contribution is -0.126.